The number of nitrogens with one attached hydrogen (secondary N) is 3. The first-order valence-electron chi connectivity index (χ1n) is 8.24. The second kappa shape index (κ2) is 11.4. The molecule has 6 nitrogen and oxygen atoms in total. The van der Waals surface area contributed by atoms with Crippen LogP contribution in [0.2, 0.25) is 5.02 Å². The molecule has 140 valence electrons. The Bertz CT molecular complexity index is 564. The molecule has 0 spiro atoms. The van der Waals surface area contributed by atoms with Crippen molar-refractivity contribution < 1.29 is 9.53 Å². The van der Waals surface area contributed by atoms with Gasteiger partial charge in [-0.3, -0.25) is 4.99 Å². The molecule has 1 atom stereocenters. The third-order valence-electron chi connectivity index (χ3n) is 3.86. The molecule has 0 aromatic heterocycles. The molecule has 1 saturated carbocycles. The Morgan fingerprint density at radius 3 is 2.56 bits per heavy atom. The van der Waals surface area contributed by atoms with Crippen molar-refractivity contribution in [2.75, 3.05) is 20.2 Å². The highest BCUT2D eigenvalue weighted by Gasteiger charge is 2.32. The van der Waals surface area contributed by atoms with Crippen molar-refractivity contribution in [1.82, 2.24) is 16.0 Å². The number of amides is 1. The molecule has 1 unspecified atom stereocenters. The molecule has 0 radical (unpaired) electrons. The lowest BCUT2D eigenvalue weighted by Gasteiger charge is -2.20. The smallest absolute Gasteiger partial charge is 0.407 e. The molecule has 0 bridgehead atoms. The van der Waals surface area contributed by atoms with Crippen LogP contribution in [0.4, 0.5) is 4.79 Å². The lowest BCUT2D eigenvalue weighted by molar-refractivity contribution is 0.146. The van der Waals surface area contributed by atoms with Crippen LogP contribution in [-0.4, -0.2) is 38.3 Å². The molecular formula is C17H26ClIN4O2. The van der Waals surface area contributed by atoms with Crippen LogP contribution in [0.1, 0.15) is 25.3 Å². The fourth-order valence-corrected chi connectivity index (χ4v) is 2.50. The van der Waals surface area contributed by atoms with Crippen molar-refractivity contribution >= 4 is 47.6 Å². The third-order valence-corrected chi connectivity index (χ3v) is 4.11. The van der Waals surface area contributed by atoms with Gasteiger partial charge in [0.1, 0.15) is 0 Å². The Labute approximate surface area is 171 Å². The molecule has 25 heavy (non-hydrogen) atoms. The maximum atomic E-state index is 11.6. The van der Waals surface area contributed by atoms with Crippen molar-refractivity contribution in [3.8, 4) is 0 Å². The van der Waals surface area contributed by atoms with Gasteiger partial charge >= 0.3 is 6.09 Å². The Balaban J connectivity index is 0.00000312. The first kappa shape index (κ1) is 21.8. The van der Waals surface area contributed by atoms with E-state index in [1.807, 2.05) is 24.3 Å². The first-order chi connectivity index (χ1) is 11.6. The highest BCUT2D eigenvalue weighted by molar-refractivity contribution is 14.0. The standard InChI is InChI=1S/C17H25ClN4O2.HI/c1-3-24-17(23)22-15(13-6-7-13)11-21-16(19-2)20-10-12-4-8-14(18)9-5-12;/h4-5,8-9,13,15H,3,6-7,10-11H2,1-2H3,(H,22,23)(H2,19,20,21);1H. The van der Waals surface area contributed by atoms with Gasteiger partial charge in [-0.05, 0) is 43.4 Å². The molecule has 2 rings (SSSR count). The molecule has 1 aliphatic rings. The van der Waals surface area contributed by atoms with E-state index in [2.05, 4.69) is 20.9 Å². The van der Waals surface area contributed by atoms with Gasteiger partial charge in [0.05, 0.1) is 12.6 Å². The average molecular weight is 481 g/mol. The number of benzene rings is 1. The minimum Gasteiger partial charge on any atom is -0.450 e. The quantitative estimate of drug-likeness (QED) is 0.318. The Morgan fingerprint density at radius 1 is 1.32 bits per heavy atom. The van der Waals surface area contributed by atoms with Crippen LogP contribution < -0.4 is 16.0 Å². The molecule has 1 fully saturated rings. The predicted octanol–water partition coefficient (Wildman–Crippen LogP) is 3.15. The number of halogens is 2. The number of carbonyl (C=O) groups excluding carboxylic acids is 1. The number of alkyl carbamates (subject to hydrolysis) is 1. The Kier molecular flexibility index (Phi) is 9.96. The first-order valence-corrected chi connectivity index (χ1v) is 8.62. The minimum atomic E-state index is -0.361. The maximum Gasteiger partial charge on any atom is 0.407 e. The number of carbonyl (C=O) groups is 1. The summed E-state index contributed by atoms with van der Waals surface area (Å²) in [6.45, 7) is 3.44. The van der Waals surface area contributed by atoms with E-state index in [1.54, 1.807) is 14.0 Å². The van der Waals surface area contributed by atoms with E-state index in [0.717, 1.165) is 23.4 Å². The van der Waals surface area contributed by atoms with Crippen LogP contribution in [0.5, 0.6) is 0 Å². The summed E-state index contributed by atoms with van der Waals surface area (Å²) in [5, 5.41) is 10.2. The van der Waals surface area contributed by atoms with Crippen molar-refractivity contribution in [2.24, 2.45) is 10.9 Å². The Morgan fingerprint density at radius 2 is 2.00 bits per heavy atom. The summed E-state index contributed by atoms with van der Waals surface area (Å²) < 4.78 is 4.96. The zero-order chi connectivity index (χ0) is 17.4. The second-order valence-corrected chi connectivity index (χ2v) is 6.18. The molecule has 1 aliphatic carbocycles. The predicted molar refractivity (Wildman–Crippen MR) is 112 cm³/mol. The number of hydrogen-bond acceptors (Lipinski definition) is 3. The van der Waals surface area contributed by atoms with Crippen molar-refractivity contribution in [2.45, 2.75) is 32.4 Å². The highest BCUT2D eigenvalue weighted by Crippen LogP contribution is 2.32. The van der Waals surface area contributed by atoms with Gasteiger partial charge in [0.15, 0.2) is 5.96 Å². The fourth-order valence-electron chi connectivity index (χ4n) is 2.37. The summed E-state index contributed by atoms with van der Waals surface area (Å²) in [7, 11) is 1.72. The lowest BCUT2D eigenvalue weighted by Crippen LogP contribution is -2.48. The van der Waals surface area contributed by atoms with Crippen LogP contribution in [0.25, 0.3) is 0 Å². The summed E-state index contributed by atoms with van der Waals surface area (Å²) in [6, 6.07) is 7.72. The van der Waals surface area contributed by atoms with Gasteiger partial charge in [0, 0.05) is 25.2 Å². The maximum absolute atomic E-state index is 11.6. The largest absolute Gasteiger partial charge is 0.450 e. The second-order valence-electron chi connectivity index (χ2n) is 5.74. The van der Waals surface area contributed by atoms with E-state index in [-0.39, 0.29) is 36.1 Å². The van der Waals surface area contributed by atoms with Gasteiger partial charge in [-0.1, -0.05) is 23.7 Å². The molecule has 1 aromatic rings. The Hall–Kier alpha value is -1.22. The number of ether oxygens (including phenoxy) is 1. The van der Waals surface area contributed by atoms with E-state index >= 15 is 0 Å². The number of nitrogens with zero attached hydrogens (tertiary/aromatic N) is 1. The van der Waals surface area contributed by atoms with Crippen LogP contribution in [-0.2, 0) is 11.3 Å². The zero-order valence-electron chi connectivity index (χ0n) is 14.5. The zero-order valence-corrected chi connectivity index (χ0v) is 17.6. The molecular weight excluding hydrogens is 455 g/mol. The summed E-state index contributed by atoms with van der Waals surface area (Å²) in [4.78, 5) is 15.8. The van der Waals surface area contributed by atoms with E-state index in [0.29, 0.717) is 31.6 Å². The van der Waals surface area contributed by atoms with E-state index in [1.165, 1.54) is 0 Å². The molecule has 1 amide bonds. The van der Waals surface area contributed by atoms with E-state index < -0.39 is 0 Å². The summed E-state index contributed by atoms with van der Waals surface area (Å²) in [5.41, 5.74) is 1.12. The summed E-state index contributed by atoms with van der Waals surface area (Å²) in [6.07, 6.45) is 1.91. The van der Waals surface area contributed by atoms with Crippen molar-refractivity contribution in [3.05, 3.63) is 34.9 Å². The lowest BCUT2D eigenvalue weighted by atomic mass is 10.2. The number of rotatable bonds is 7. The average Bonchev–Trinajstić information content (AvgIpc) is 3.40. The van der Waals surface area contributed by atoms with Gasteiger partial charge in [-0.15, -0.1) is 24.0 Å². The van der Waals surface area contributed by atoms with Crippen LogP contribution >= 0.6 is 35.6 Å². The van der Waals surface area contributed by atoms with Gasteiger partial charge in [-0.25, -0.2) is 4.79 Å². The van der Waals surface area contributed by atoms with Gasteiger partial charge in [0.2, 0.25) is 0 Å². The number of hydrogen-bond donors (Lipinski definition) is 3. The van der Waals surface area contributed by atoms with E-state index in [9.17, 15) is 4.79 Å². The van der Waals surface area contributed by atoms with Crippen LogP contribution in [0, 0.1) is 5.92 Å². The topological polar surface area (TPSA) is 74.8 Å². The summed E-state index contributed by atoms with van der Waals surface area (Å²) in [5.74, 6) is 1.21. The van der Waals surface area contributed by atoms with Crippen LogP contribution in [0.3, 0.4) is 0 Å². The number of aliphatic imine (C=N–C) groups is 1. The van der Waals surface area contributed by atoms with Crippen LogP contribution in [0.15, 0.2) is 29.3 Å². The number of guanidine groups is 1. The molecule has 0 saturated heterocycles. The highest BCUT2D eigenvalue weighted by atomic mass is 127. The minimum absolute atomic E-state index is 0. The molecule has 0 heterocycles. The third kappa shape index (κ3) is 8.13. The van der Waals surface area contributed by atoms with Crippen molar-refractivity contribution in [1.29, 1.82) is 0 Å². The van der Waals surface area contributed by atoms with Gasteiger partial charge in [-0.2, -0.15) is 0 Å². The normalized spacial score (nSPS) is 14.9. The summed E-state index contributed by atoms with van der Waals surface area (Å²) >= 11 is 5.88. The van der Waals surface area contributed by atoms with Gasteiger partial charge < -0.3 is 20.7 Å². The molecule has 8 heteroatoms. The fraction of sp³-hybridized carbons (Fsp3) is 0.529. The van der Waals surface area contributed by atoms with E-state index in [4.69, 9.17) is 16.3 Å². The molecule has 0 aliphatic heterocycles. The van der Waals surface area contributed by atoms with Crippen molar-refractivity contribution in [3.63, 3.8) is 0 Å². The monoisotopic (exact) mass is 480 g/mol. The molecule has 3 N–H and O–H groups in total. The molecule has 1 aromatic carbocycles. The SMILES string of the molecule is CCOC(=O)NC(CNC(=NC)NCc1ccc(Cl)cc1)C1CC1.I. The van der Waals surface area contributed by atoms with Gasteiger partial charge in [0.25, 0.3) is 0 Å².